The number of imidazole rings is 1. The fraction of sp³-hybridized carbons (Fsp3) is 0.0769. The molecule has 0 saturated heterocycles. The maximum atomic E-state index is 6.06. The lowest BCUT2D eigenvalue weighted by Gasteiger charge is -2.04. The zero-order chi connectivity index (χ0) is 14.3. The third-order valence-corrected chi connectivity index (χ3v) is 4.43. The van der Waals surface area contributed by atoms with Gasteiger partial charge in [-0.1, -0.05) is 52.6 Å². The summed E-state index contributed by atoms with van der Waals surface area (Å²) in [6, 6.07) is 7.21. The summed E-state index contributed by atoms with van der Waals surface area (Å²) in [6.45, 7) is 0. The summed E-state index contributed by atoms with van der Waals surface area (Å²) in [4.78, 5) is 8.70. The van der Waals surface area contributed by atoms with E-state index < -0.39 is 0 Å². The Balaban J connectivity index is 2.26. The molecule has 0 radical (unpaired) electrons. The second-order valence-corrected chi connectivity index (χ2v) is 6.02. The zero-order valence-electron chi connectivity index (χ0n) is 10.3. The van der Waals surface area contributed by atoms with Gasteiger partial charge in [-0.05, 0) is 18.4 Å². The van der Waals surface area contributed by atoms with Gasteiger partial charge in [-0.15, -0.1) is 0 Å². The molecule has 20 heavy (non-hydrogen) atoms. The first-order chi connectivity index (χ1) is 9.60. The van der Waals surface area contributed by atoms with E-state index in [1.54, 1.807) is 24.5 Å². The molecule has 0 aliphatic carbocycles. The van der Waals surface area contributed by atoms with Crippen LogP contribution in [-0.2, 0) is 0 Å². The summed E-state index contributed by atoms with van der Waals surface area (Å²) in [6.07, 6.45) is 3.67. The van der Waals surface area contributed by atoms with Crippen molar-refractivity contribution >= 4 is 52.1 Å². The van der Waals surface area contributed by atoms with E-state index in [4.69, 9.17) is 34.8 Å². The number of aromatic nitrogens is 3. The SMILES string of the molecule is CSc1nc(Cl)cc2c(-c3ccc(Cl)c(Cl)c3)ncn12. The number of nitrogens with zero attached hydrogens (tertiary/aromatic N) is 3. The van der Waals surface area contributed by atoms with Crippen LogP contribution in [0.25, 0.3) is 16.8 Å². The fourth-order valence-corrected chi connectivity index (χ4v) is 3.01. The van der Waals surface area contributed by atoms with Crippen LogP contribution in [0.15, 0.2) is 35.7 Å². The van der Waals surface area contributed by atoms with Crippen molar-refractivity contribution in [3.63, 3.8) is 0 Å². The van der Waals surface area contributed by atoms with Gasteiger partial charge in [0.2, 0.25) is 0 Å². The van der Waals surface area contributed by atoms with Gasteiger partial charge in [0.25, 0.3) is 0 Å². The Bertz CT molecular complexity index is 801. The van der Waals surface area contributed by atoms with E-state index >= 15 is 0 Å². The van der Waals surface area contributed by atoms with E-state index in [9.17, 15) is 0 Å². The molecule has 0 unspecified atom stereocenters. The normalized spacial score (nSPS) is 11.2. The Morgan fingerprint density at radius 2 is 1.90 bits per heavy atom. The average Bonchev–Trinajstić information content (AvgIpc) is 2.84. The summed E-state index contributed by atoms with van der Waals surface area (Å²) in [5.74, 6) is 0. The fourth-order valence-electron chi connectivity index (χ4n) is 1.95. The number of rotatable bonds is 2. The van der Waals surface area contributed by atoms with Crippen LogP contribution in [0.2, 0.25) is 15.2 Å². The van der Waals surface area contributed by atoms with Crippen molar-refractivity contribution in [3.8, 4) is 11.3 Å². The molecule has 0 spiro atoms. The van der Waals surface area contributed by atoms with Crippen molar-refractivity contribution < 1.29 is 0 Å². The molecule has 2 aromatic heterocycles. The summed E-state index contributed by atoms with van der Waals surface area (Å²) < 4.78 is 1.90. The Morgan fingerprint density at radius 1 is 1.10 bits per heavy atom. The second kappa shape index (κ2) is 5.45. The Hall–Kier alpha value is -0.940. The third-order valence-electron chi connectivity index (χ3n) is 2.84. The second-order valence-electron chi connectivity index (χ2n) is 4.04. The first kappa shape index (κ1) is 14.0. The van der Waals surface area contributed by atoms with Crippen LogP contribution >= 0.6 is 46.6 Å². The highest BCUT2D eigenvalue weighted by Crippen LogP contribution is 2.31. The van der Waals surface area contributed by atoms with Crippen molar-refractivity contribution in [3.05, 3.63) is 45.8 Å². The van der Waals surface area contributed by atoms with Gasteiger partial charge in [-0.3, -0.25) is 4.40 Å². The van der Waals surface area contributed by atoms with Crippen molar-refractivity contribution in [2.75, 3.05) is 6.26 Å². The van der Waals surface area contributed by atoms with Crippen LogP contribution in [0.4, 0.5) is 0 Å². The molecule has 3 aromatic rings. The number of fused-ring (bicyclic) bond motifs is 1. The maximum absolute atomic E-state index is 6.06. The molecule has 102 valence electrons. The van der Waals surface area contributed by atoms with Gasteiger partial charge in [0.15, 0.2) is 5.16 Å². The molecule has 0 amide bonds. The minimum Gasteiger partial charge on any atom is -0.277 e. The first-order valence-electron chi connectivity index (χ1n) is 5.63. The molecule has 0 N–H and O–H groups in total. The van der Waals surface area contributed by atoms with Gasteiger partial charge < -0.3 is 0 Å². The van der Waals surface area contributed by atoms with Crippen molar-refractivity contribution in [2.24, 2.45) is 0 Å². The lowest BCUT2D eigenvalue weighted by Crippen LogP contribution is -1.92. The van der Waals surface area contributed by atoms with E-state index in [1.165, 1.54) is 11.8 Å². The van der Waals surface area contributed by atoms with E-state index in [0.717, 1.165) is 21.9 Å². The van der Waals surface area contributed by atoms with Gasteiger partial charge in [-0.2, -0.15) is 0 Å². The average molecular weight is 345 g/mol. The van der Waals surface area contributed by atoms with Gasteiger partial charge in [-0.25, -0.2) is 9.97 Å². The topological polar surface area (TPSA) is 30.2 Å². The minimum absolute atomic E-state index is 0.434. The van der Waals surface area contributed by atoms with Gasteiger partial charge >= 0.3 is 0 Å². The van der Waals surface area contributed by atoms with E-state index in [2.05, 4.69) is 9.97 Å². The van der Waals surface area contributed by atoms with Gasteiger partial charge in [0, 0.05) is 11.6 Å². The zero-order valence-corrected chi connectivity index (χ0v) is 13.4. The molecule has 0 fully saturated rings. The van der Waals surface area contributed by atoms with Crippen molar-refractivity contribution in [2.45, 2.75) is 5.16 Å². The molecule has 1 aromatic carbocycles. The van der Waals surface area contributed by atoms with E-state index in [1.807, 2.05) is 16.7 Å². The van der Waals surface area contributed by atoms with Crippen LogP contribution < -0.4 is 0 Å². The van der Waals surface area contributed by atoms with E-state index in [-0.39, 0.29) is 0 Å². The molecule has 0 bridgehead atoms. The molecule has 0 aliphatic rings. The number of benzene rings is 1. The number of hydrogen-bond donors (Lipinski definition) is 0. The number of hydrogen-bond acceptors (Lipinski definition) is 3. The number of halogens is 3. The molecular formula is C13H8Cl3N3S. The highest BCUT2D eigenvalue weighted by Gasteiger charge is 2.12. The molecule has 3 rings (SSSR count). The quantitative estimate of drug-likeness (QED) is 0.369. The molecule has 3 nitrogen and oxygen atoms in total. The Kier molecular flexibility index (Phi) is 3.82. The van der Waals surface area contributed by atoms with Crippen molar-refractivity contribution in [1.82, 2.24) is 14.4 Å². The summed E-state index contributed by atoms with van der Waals surface area (Å²) in [7, 11) is 0. The lowest BCUT2D eigenvalue weighted by molar-refractivity contribution is 0.900. The smallest absolute Gasteiger partial charge is 0.175 e. The van der Waals surface area contributed by atoms with Crippen LogP contribution in [0.3, 0.4) is 0 Å². The Labute approximate surface area is 134 Å². The number of thioether (sulfide) groups is 1. The summed E-state index contributed by atoms with van der Waals surface area (Å²) in [5, 5.41) is 2.23. The monoisotopic (exact) mass is 343 g/mol. The predicted octanol–water partition coefficient (Wildman–Crippen LogP) is 5.08. The maximum Gasteiger partial charge on any atom is 0.175 e. The van der Waals surface area contributed by atoms with Gasteiger partial charge in [0.1, 0.15) is 11.5 Å². The van der Waals surface area contributed by atoms with Crippen LogP contribution in [-0.4, -0.2) is 20.6 Å². The third kappa shape index (κ3) is 2.37. The molecule has 0 aliphatic heterocycles. The molecule has 7 heteroatoms. The van der Waals surface area contributed by atoms with E-state index in [0.29, 0.717) is 15.2 Å². The summed E-state index contributed by atoms with van der Waals surface area (Å²) >= 11 is 19.6. The molecule has 2 heterocycles. The standard InChI is InChI=1S/C13H8Cl3N3S/c1-20-13-18-11(16)5-10-12(17-6-19(10)13)7-2-3-8(14)9(15)4-7/h2-6H,1H3. The highest BCUT2D eigenvalue weighted by atomic mass is 35.5. The van der Waals surface area contributed by atoms with Crippen LogP contribution in [0.5, 0.6) is 0 Å². The Morgan fingerprint density at radius 3 is 2.60 bits per heavy atom. The van der Waals surface area contributed by atoms with Gasteiger partial charge in [0.05, 0.1) is 21.3 Å². The summed E-state index contributed by atoms with van der Waals surface area (Å²) in [5.41, 5.74) is 2.56. The largest absolute Gasteiger partial charge is 0.277 e. The van der Waals surface area contributed by atoms with Crippen LogP contribution in [0.1, 0.15) is 0 Å². The first-order valence-corrected chi connectivity index (χ1v) is 7.99. The molecular weight excluding hydrogens is 337 g/mol. The molecule has 0 atom stereocenters. The minimum atomic E-state index is 0.434. The molecule has 0 saturated carbocycles. The lowest BCUT2D eigenvalue weighted by atomic mass is 10.1. The highest BCUT2D eigenvalue weighted by molar-refractivity contribution is 7.98. The predicted molar refractivity (Wildman–Crippen MR) is 85.2 cm³/mol. The van der Waals surface area contributed by atoms with Crippen molar-refractivity contribution in [1.29, 1.82) is 0 Å². The van der Waals surface area contributed by atoms with Crippen LogP contribution in [0, 0.1) is 0 Å².